The quantitative estimate of drug-likeness (QED) is 0.350. The van der Waals surface area contributed by atoms with E-state index in [1.54, 1.807) is 0 Å². The Bertz CT molecular complexity index is 604. The predicted molar refractivity (Wildman–Crippen MR) is 112 cm³/mol. The molecule has 29 heavy (non-hydrogen) atoms. The lowest BCUT2D eigenvalue weighted by molar-refractivity contribution is -0.167. The molecule has 0 spiro atoms. The monoisotopic (exact) mass is 410 g/mol. The number of methoxy groups -OCH3 is 1. The van der Waals surface area contributed by atoms with E-state index in [0.29, 0.717) is 32.3 Å². The van der Waals surface area contributed by atoms with E-state index in [0.717, 1.165) is 18.4 Å². The molecule has 1 aliphatic rings. The standard InChI is InChI=1S/C23H38O6/c1-16(2)9-11-20(25)17(3)8-7-13-23(5)21(29-18(4)24)12-10-19(15-28-23)14-22(26)27-6/h9,14,17,20-21,25H,7-8,10-13,15H2,1-6H3/t17?,20?,21-,23+/m1/s1. The molecule has 0 aromatic carbocycles. The summed E-state index contributed by atoms with van der Waals surface area (Å²) in [6.07, 6.45) is 7.04. The smallest absolute Gasteiger partial charge is 0.330 e. The Balaban J connectivity index is 2.74. The second kappa shape index (κ2) is 12.1. The number of allylic oxidation sites excluding steroid dienone is 1. The lowest BCUT2D eigenvalue weighted by Crippen LogP contribution is -2.43. The Morgan fingerprint density at radius 3 is 2.62 bits per heavy atom. The average Bonchev–Trinajstić information content (AvgIpc) is 2.79. The van der Waals surface area contributed by atoms with Gasteiger partial charge in [-0.3, -0.25) is 4.79 Å². The minimum Gasteiger partial charge on any atom is -0.466 e. The fourth-order valence-corrected chi connectivity index (χ4v) is 3.56. The van der Waals surface area contributed by atoms with Crippen molar-refractivity contribution in [3.8, 4) is 0 Å². The van der Waals surface area contributed by atoms with Gasteiger partial charge in [-0.1, -0.05) is 25.0 Å². The van der Waals surface area contributed by atoms with Crippen molar-refractivity contribution in [3.63, 3.8) is 0 Å². The second-order valence-electron chi connectivity index (χ2n) is 8.52. The summed E-state index contributed by atoms with van der Waals surface area (Å²) in [7, 11) is 1.34. The van der Waals surface area contributed by atoms with Gasteiger partial charge in [0, 0.05) is 13.0 Å². The lowest BCUT2D eigenvalue weighted by Gasteiger charge is -2.35. The van der Waals surface area contributed by atoms with Gasteiger partial charge in [0.2, 0.25) is 0 Å². The second-order valence-corrected chi connectivity index (χ2v) is 8.52. The number of rotatable bonds is 9. The van der Waals surface area contributed by atoms with Crippen LogP contribution in [0.25, 0.3) is 0 Å². The summed E-state index contributed by atoms with van der Waals surface area (Å²) in [4.78, 5) is 23.2. The van der Waals surface area contributed by atoms with Gasteiger partial charge in [-0.2, -0.15) is 0 Å². The van der Waals surface area contributed by atoms with Crippen LogP contribution in [0.15, 0.2) is 23.3 Å². The Morgan fingerprint density at radius 1 is 1.34 bits per heavy atom. The zero-order valence-electron chi connectivity index (χ0n) is 18.8. The largest absolute Gasteiger partial charge is 0.466 e. The molecule has 1 heterocycles. The Labute approximate surface area is 175 Å². The first-order valence-electron chi connectivity index (χ1n) is 10.5. The minimum absolute atomic E-state index is 0.168. The van der Waals surface area contributed by atoms with Crippen LogP contribution in [-0.4, -0.2) is 48.6 Å². The lowest BCUT2D eigenvalue weighted by atomic mass is 9.87. The summed E-state index contributed by atoms with van der Waals surface area (Å²) in [5, 5.41) is 10.3. The molecule has 0 bridgehead atoms. The summed E-state index contributed by atoms with van der Waals surface area (Å²) in [6, 6.07) is 0. The molecule has 6 heteroatoms. The molecule has 0 aliphatic carbocycles. The number of aliphatic hydroxyl groups is 1. The van der Waals surface area contributed by atoms with Crippen LogP contribution in [0.2, 0.25) is 0 Å². The van der Waals surface area contributed by atoms with Crippen LogP contribution in [0, 0.1) is 5.92 Å². The van der Waals surface area contributed by atoms with E-state index in [9.17, 15) is 14.7 Å². The maximum Gasteiger partial charge on any atom is 0.330 e. The first kappa shape index (κ1) is 25.4. The number of hydrogen-bond donors (Lipinski definition) is 1. The van der Waals surface area contributed by atoms with Crippen molar-refractivity contribution in [3.05, 3.63) is 23.3 Å². The van der Waals surface area contributed by atoms with E-state index in [1.807, 2.05) is 20.8 Å². The maximum atomic E-state index is 11.6. The van der Waals surface area contributed by atoms with Crippen molar-refractivity contribution in [2.24, 2.45) is 5.92 Å². The van der Waals surface area contributed by atoms with Gasteiger partial charge in [0.1, 0.15) is 11.7 Å². The van der Waals surface area contributed by atoms with Crippen LogP contribution in [0.5, 0.6) is 0 Å². The third-order valence-corrected chi connectivity index (χ3v) is 5.58. The van der Waals surface area contributed by atoms with Crippen LogP contribution in [0.4, 0.5) is 0 Å². The number of carbonyl (C=O) groups excluding carboxylic acids is 2. The summed E-state index contributed by atoms with van der Waals surface area (Å²) in [5.41, 5.74) is 1.40. The van der Waals surface area contributed by atoms with Gasteiger partial charge in [-0.15, -0.1) is 0 Å². The van der Waals surface area contributed by atoms with Crippen molar-refractivity contribution in [1.82, 2.24) is 0 Å². The Hall–Kier alpha value is -1.66. The summed E-state index contributed by atoms with van der Waals surface area (Å²) < 4.78 is 16.4. The third kappa shape index (κ3) is 9.13. The van der Waals surface area contributed by atoms with Crippen molar-refractivity contribution in [1.29, 1.82) is 0 Å². The highest BCUT2D eigenvalue weighted by atomic mass is 16.6. The highest BCUT2D eigenvalue weighted by molar-refractivity contribution is 5.82. The molecule has 1 fully saturated rings. The fraction of sp³-hybridized carbons (Fsp3) is 0.739. The molecular weight excluding hydrogens is 372 g/mol. The summed E-state index contributed by atoms with van der Waals surface area (Å²) >= 11 is 0. The molecule has 2 unspecified atom stereocenters. The van der Waals surface area contributed by atoms with Crippen LogP contribution >= 0.6 is 0 Å². The predicted octanol–water partition coefficient (Wildman–Crippen LogP) is 4.11. The van der Waals surface area contributed by atoms with E-state index >= 15 is 0 Å². The van der Waals surface area contributed by atoms with Crippen LogP contribution in [-0.2, 0) is 23.8 Å². The van der Waals surface area contributed by atoms with Gasteiger partial charge in [0.05, 0.1) is 19.8 Å². The molecule has 166 valence electrons. The van der Waals surface area contributed by atoms with Crippen molar-refractivity contribution >= 4 is 11.9 Å². The molecule has 1 rings (SSSR count). The van der Waals surface area contributed by atoms with E-state index in [4.69, 9.17) is 14.2 Å². The topological polar surface area (TPSA) is 82.1 Å². The summed E-state index contributed by atoms with van der Waals surface area (Å²) in [6.45, 7) is 9.78. The first-order chi connectivity index (χ1) is 13.6. The zero-order chi connectivity index (χ0) is 22.0. The molecule has 1 N–H and O–H groups in total. The fourth-order valence-electron chi connectivity index (χ4n) is 3.56. The average molecular weight is 411 g/mol. The van der Waals surface area contributed by atoms with E-state index < -0.39 is 11.6 Å². The third-order valence-electron chi connectivity index (χ3n) is 5.58. The molecule has 0 aromatic rings. The van der Waals surface area contributed by atoms with Crippen LogP contribution < -0.4 is 0 Å². The van der Waals surface area contributed by atoms with E-state index in [2.05, 4.69) is 13.0 Å². The molecule has 0 amide bonds. The molecular formula is C23H38O6. The van der Waals surface area contributed by atoms with Gasteiger partial charge in [-0.05, 0) is 64.4 Å². The molecule has 4 atom stereocenters. The van der Waals surface area contributed by atoms with Crippen LogP contribution in [0.1, 0.15) is 73.1 Å². The molecule has 0 aromatic heterocycles. The van der Waals surface area contributed by atoms with Gasteiger partial charge in [0.25, 0.3) is 0 Å². The SMILES string of the molecule is COC(=O)C=C1CC[C@@H](OC(C)=O)[C@](C)(CCCC(C)C(O)CC=C(C)C)OC1. The van der Waals surface area contributed by atoms with Crippen molar-refractivity contribution < 1.29 is 28.9 Å². The number of carbonyl (C=O) groups is 2. The molecule has 6 nitrogen and oxygen atoms in total. The molecule has 1 saturated heterocycles. The summed E-state index contributed by atoms with van der Waals surface area (Å²) in [5.74, 6) is -0.576. The number of aliphatic hydroxyl groups excluding tert-OH is 1. The zero-order valence-corrected chi connectivity index (χ0v) is 18.8. The number of ether oxygens (including phenoxy) is 3. The Kier molecular flexibility index (Phi) is 10.6. The Morgan fingerprint density at radius 2 is 2.03 bits per heavy atom. The number of esters is 2. The van der Waals surface area contributed by atoms with Gasteiger partial charge >= 0.3 is 11.9 Å². The maximum absolute atomic E-state index is 11.6. The highest BCUT2D eigenvalue weighted by Crippen LogP contribution is 2.34. The van der Waals surface area contributed by atoms with E-state index in [-0.39, 0.29) is 24.1 Å². The molecule has 0 saturated carbocycles. The highest BCUT2D eigenvalue weighted by Gasteiger charge is 2.39. The van der Waals surface area contributed by atoms with Gasteiger partial charge in [0.15, 0.2) is 0 Å². The van der Waals surface area contributed by atoms with Crippen molar-refractivity contribution in [2.45, 2.75) is 91.0 Å². The number of hydrogen-bond acceptors (Lipinski definition) is 6. The molecule has 1 aliphatic heterocycles. The van der Waals surface area contributed by atoms with E-state index in [1.165, 1.54) is 25.7 Å². The molecule has 0 radical (unpaired) electrons. The van der Waals surface area contributed by atoms with Crippen LogP contribution in [0.3, 0.4) is 0 Å². The first-order valence-corrected chi connectivity index (χ1v) is 10.5. The normalized spacial score (nSPS) is 25.6. The van der Waals surface area contributed by atoms with Gasteiger partial charge in [-0.25, -0.2) is 4.79 Å². The van der Waals surface area contributed by atoms with Gasteiger partial charge < -0.3 is 19.3 Å². The van der Waals surface area contributed by atoms with Crippen molar-refractivity contribution in [2.75, 3.05) is 13.7 Å². The minimum atomic E-state index is -0.637.